The number of imidazole rings is 1. The third-order valence-electron chi connectivity index (χ3n) is 4.07. The Morgan fingerprint density at radius 2 is 1.82 bits per heavy atom. The lowest BCUT2D eigenvalue weighted by Gasteiger charge is -2.31. The van der Waals surface area contributed by atoms with Crippen molar-refractivity contribution in [3.63, 3.8) is 0 Å². The first-order chi connectivity index (χ1) is 9.79. The maximum atomic E-state index is 12.9. The van der Waals surface area contributed by atoms with Crippen LogP contribution >= 0.6 is 24.8 Å². The number of hydrogen-bond donors (Lipinski definition) is 1. The van der Waals surface area contributed by atoms with Gasteiger partial charge in [0, 0.05) is 12.4 Å². The highest BCUT2D eigenvalue weighted by Gasteiger charge is 2.19. The maximum Gasteiger partial charge on any atom is 0.123 e. The molecule has 1 fully saturated rings. The van der Waals surface area contributed by atoms with Crippen molar-refractivity contribution in [1.82, 2.24) is 14.9 Å². The number of aromatic amines is 1. The minimum atomic E-state index is -0.151. The first-order valence-electron chi connectivity index (χ1n) is 7.24. The summed E-state index contributed by atoms with van der Waals surface area (Å²) in [5, 5.41) is 0. The van der Waals surface area contributed by atoms with Gasteiger partial charge in [0.05, 0.1) is 6.54 Å². The lowest BCUT2D eigenvalue weighted by Crippen LogP contribution is -2.34. The monoisotopic (exact) mass is 345 g/mol. The smallest absolute Gasteiger partial charge is 0.123 e. The van der Waals surface area contributed by atoms with E-state index >= 15 is 0 Å². The van der Waals surface area contributed by atoms with Gasteiger partial charge in [-0.15, -0.1) is 24.8 Å². The topological polar surface area (TPSA) is 31.9 Å². The minimum Gasteiger partial charge on any atom is -0.348 e. The van der Waals surface area contributed by atoms with Crippen LogP contribution in [0.3, 0.4) is 0 Å². The Bertz CT molecular complexity index is 523. The standard InChI is InChI=1S/C16H20FN3.2ClH/c17-15-3-1-13(2-4-15)11-14-5-9-20(10-6-14)12-16-18-7-8-19-16;;/h1-4,7-8,14H,5-6,9-12H2,(H,18,19);2*1H. The second kappa shape index (κ2) is 9.13. The van der Waals surface area contributed by atoms with E-state index in [2.05, 4.69) is 14.9 Å². The second-order valence-corrected chi connectivity index (χ2v) is 5.59. The highest BCUT2D eigenvalue weighted by Crippen LogP contribution is 2.22. The third kappa shape index (κ3) is 5.27. The van der Waals surface area contributed by atoms with Gasteiger partial charge in [-0.05, 0) is 56.0 Å². The lowest BCUT2D eigenvalue weighted by atomic mass is 9.90. The number of nitrogens with one attached hydrogen (secondary N) is 1. The SMILES string of the molecule is Cl.Cl.Fc1ccc(CC2CCN(Cc3ncc[nH]3)CC2)cc1. The lowest BCUT2D eigenvalue weighted by molar-refractivity contribution is 0.174. The number of halogens is 3. The van der Waals surface area contributed by atoms with E-state index < -0.39 is 0 Å². The fourth-order valence-corrected chi connectivity index (χ4v) is 2.90. The molecule has 3 nitrogen and oxygen atoms in total. The number of benzene rings is 1. The van der Waals surface area contributed by atoms with Crippen molar-refractivity contribution in [3.05, 3.63) is 53.9 Å². The van der Waals surface area contributed by atoms with Gasteiger partial charge >= 0.3 is 0 Å². The molecule has 1 aromatic carbocycles. The molecule has 0 radical (unpaired) electrons. The van der Waals surface area contributed by atoms with Crippen LogP contribution in [0.25, 0.3) is 0 Å². The zero-order valence-corrected chi connectivity index (χ0v) is 14.0. The molecular weight excluding hydrogens is 324 g/mol. The van der Waals surface area contributed by atoms with Gasteiger partial charge in [0.2, 0.25) is 0 Å². The molecule has 0 amide bonds. The molecule has 2 heterocycles. The van der Waals surface area contributed by atoms with Gasteiger partial charge < -0.3 is 4.98 Å². The summed E-state index contributed by atoms with van der Waals surface area (Å²) in [6.45, 7) is 3.15. The van der Waals surface area contributed by atoms with Gasteiger partial charge in [0.15, 0.2) is 0 Å². The normalized spacial score (nSPS) is 15.9. The van der Waals surface area contributed by atoms with Crippen molar-refractivity contribution in [2.75, 3.05) is 13.1 Å². The summed E-state index contributed by atoms with van der Waals surface area (Å²) in [4.78, 5) is 9.87. The highest BCUT2D eigenvalue weighted by molar-refractivity contribution is 5.85. The Morgan fingerprint density at radius 3 is 2.41 bits per heavy atom. The van der Waals surface area contributed by atoms with E-state index in [0.717, 1.165) is 31.9 Å². The molecule has 0 unspecified atom stereocenters. The Labute approximate surface area is 143 Å². The first-order valence-corrected chi connectivity index (χ1v) is 7.24. The van der Waals surface area contributed by atoms with Crippen LogP contribution in [0.1, 0.15) is 24.2 Å². The summed E-state index contributed by atoms with van der Waals surface area (Å²) < 4.78 is 12.9. The number of piperidine rings is 1. The molecule has 1 aromatic heterocycles. The second-order valence-electron chi connectivity index (χ2n) is 5.59. The Hall–Kier alpha value is -1.10. The zero-order valence-electron chi connectivity index (χ0n) is 12.4. The molecular formula is C16H22Cl2FN3. The van der Waals surface area contributed by atoms with Crippen molar-refractivity contribution in [2.24, 2.45) is 5.92 Å². The van der Waals surface area contributed by atoms with Gasteiger partial charge in [-0.25, -0.2) is 9.37 Å². The van der Waals surface area contributed by atoms with E-state index in [1.165, 1.54) is 18.4 Å². The molecule has 0 saturated carbocycles. The van der Waals surface area contributed by atoms with Crippen LogP contribution in [0.2, 0.25) is 0 Å². The van der Waals surface area contributed by atoms with Gasteiger partial charge in [0.25, 0.3) is 0 Å². The van der Waals surface area contributed by atoms with Crippen molar-refractivity contribution in [3.8, 4) is 0 Å². The summed E-state index contributed by atoms with van der Waals surface area (Å²) in [6.07, 6.45) is 7.15. The van der Waals surface area contributed by atoms with Crippen molar-refractivity contribution >= 4 is 24.8 Å². The van der Waals surface area contributed by atoms with Crippen molar-refractivity contribution in [1.29, 1.82) is 0 Å². The molecule has 0 atom stereocenters. The fourth-order valence-electron chi connectivity index (χ4n) is 2.90. The van der Waals surface area contributed by atoms with E-state index in [0.29, 0.717) is 5.92 Å². The van der Waals surface area contributed by atoms with Crippen LogP contribution in [-0.2, 0) is 13.0 Å². The molecule has 3 rings (SSSR count). The van der Waals surface area contributed by atoms with Crippen LogP contribution < -0.4 is 0 Å². The largest absolute Gasteiger partial charge is 0.348 e. The van der Waals surface area contributed by atoms with Crippen LogP contribution in [0.4, 0.5) is 4.39 Å². The third-order valence-corrected chi connectivity index (χ3v) is 4.07. The molecule has 22 heavy (non-hydrogen) atoms. The van der Waals surface area contributed by atoms with Crippen molar-refractivity contribution < 1.29 is 4.39 Å². The van der Waals surface area contributed by atoms with E-state index in [4.69, 9.17) is 0 Å². The molecule has 122 valence electrons. The molecule has 1 aliphatic rings. The summed E-state index contributed by atoms with van der Waals surface area (Å²) in [7, 11) is 0. The van der Waals surface area contributed by atoms with Crippen LogP contribution in [0, 0.1) is 11.7 Å². The Balaban J connectivity index is 0.00000121. The number of nitrogens with zero attached hydrogens (tertiary/aromatic N) is 2. The number of hydrogen-bond acceptors (Lipinski definition) is 2. The molecule has 2 aromatic rings. The van der Waals surface area contributed by atoms with Gasteiger partial charge in [-0.3, -0.25) is 4.90 Å². The molecule has 0 aliphatic carbocycles. The van der Waals surface area contributed by atoms with E-state index in [1.807, 2.05) is 18.3 Å². The predicted octanol–water partition coefficient (Wildman–Crippen LogP) is 3.85. The number of aromatic nitrogens is 2. The summed E-state index contributed by atoms with van der Waals surface area (Å²) in [5.41, 5.74) is 1.25. The molecule has 0 spiro atoms. The average molecular weight is 346 g/mol. The molecule has 1 saturated heterocycles. The summed E-state index contributed by atoms with van der Waals surface area (Å²) >= 11 is 0. The fraction of sp³-hybridized carbons (Fsp3) is 0.438. The van der Waals surface area contributed by atoms with Crippen LogP contribution in [-0.4, -0.2) is 28.0 Å². The number of H-pyrrole nitrogens is 1. The first kappa shape index (κ1) is 18.9. The summed E-state index contributed by atoms with van der Waals surface area (Å²) in [5.74, 6) is 1.61. The van der Waals surface area contributed by atoms with E-state index in [9.17, 15) is 4.39 Å². The molecule has 1 N–H and O–H groups in total. The highest BCUT2D eigenvalue weighted by atomic mass is 35.5. The quantitative estimate of drug-likeness (QED) is 0.912. The van der Waals surface area contributed by atoms with E-state index in [1.54, 1.807) is 18.3 Å². The number of rotatable bonds is 4. The average Bonchev–Trinajstić information content (AvgIpc) is 2.96. The molecule has 0 bridgehead atoms. The Kier molecular flexibility index (Phi) is 7.87. The maximum absolute atomic E-state index is 12.9. The molecule has 1 aliphatic heterocycles. The van der Waals surface area contributed by atoms with Crippen LogP contribution in [0.15, 0.2) is 36.7 Å². The van der Waals surface area contributed by atoms with Crippen LogP contribution in [0.5, 0.6) is 0 Å². The van der Waals surface area contributed by atoms with E-state index in [-0.39, 0.29) is 30.6 Å². The van der Waals surface area contributed by atoms with Crippen molar-refractivity contribution in [2.45, 2.75) is 25.8 Å². The predicted molar refractivity (Wildman–Crippen MR) is 91.2 cm³/mol. The zero-order chi connectivity index (χ0) is 13.8. The molecule has 6 heteroatoms. The summed E-state index contributed by atoms with van der Waals surface area (Å²) in [6, 6.07) is 6.93. The minimum absolute atomic E-state index is 0. The van der Waals surface area contributed by atoms with Gasteiger partial charge in [0.1, 0.15) is 11.6 Å². The Morgan fingerprint density at radius 1 is 1.14 bits per heavy atom. The van der Waals surface area contributed by atoms with Gasteiger partial charge in [-0.1, -0.05) is 12.1 Å². The van der Waals surface area contributed by atoms with Gasteiger partial charge in [-0.2, -0.15) is 0 Å². The number of likely N-dealkylation sites (tertiary alicyclic amines) is 1.